The molecule has 0 unspecified atom stereocenters. The summed E-state index contributed by atoms with van der Waals surface area (Å²) < 4.78 is 24.0. The van der Waals surface area contributed by atoms with Crippen LogP contribution in [0.4, 0.5) is 0 Å². The Labute approximate surface area is 236 Å². The molecule has 0 radical (unpaired) electrons. The first-order chi connectivity index (χ1) is 19.1. The SMILES string of the molecule is CN[C@@H](C)[C@@H](O)[C@H](OCCO)O[C@@H]1[C@@H](O)[C@H](O[C@@H]2CCC=C(CNCC3(N)CC3)O2)[C@@H](N)C[C@H]1NC(=O)CCN. The van der Waals surface area contributed by atoms with E-state index < -0.39 is 55.1 Å². The van der Waals surface area contributed by atoms with Crippen molar-refractivity contribution in [2.45, 2.75) is 106 Å². The summed E-state index contributed by atoms with van der Waals surface area (Å²) in [7, 11) is 1.67. The zero-order valence-corrected chi connectivity index (χ0v) is 23.7. The molecule has 0 aromatic heterocycles. The molecule has 14 nitrogen and oxygen atoms in total. The van der Waals surface area contributed by atoms with Crippen LogP contribution in [0.5, 0.6) is 0 Å². The molecule has 1 aliphatic heterocycles. The summed E-state index contributed by atoms with van der Waals surface area (Å²) in [5.74, 6) is 0.418. The smallest absolute Gasteiger partial charge is 0.221 e. The summed E-state index contributed by atoms with van der Waals surface area (Å²) in [4.78, 5) is 12.4. The Balaban J connectivity index is 1.70. The minimum atomic E-state index is -1.30. The lowest BCUT2D eigenvalue weighted by Gasteiger charge is -2.46. The van der Waals surface area contributed by atoms with Gasteiger partial charge in [0.1, 0.15) is 30.2 Å². The van der Waals surface area contributed by atoms with E-state index in [0.717, 1.165) is 25.0 Å². The van der Waals surface area contributed by atoms with Gasteiger partial charge in [0.05, 0.1) is 25.8 Å². The number of likely N-dealkylation sites (N-methyl/N-ethyl adjacent to an activating group) is 1. The first-order valence-corrected chi connectivity index (χ1v) is 14.3. The summed E-state index contributed by atoms with van der Waals surface area (Å²) in [6.45, 7) is 2.72. The quantitative estimate of drug-likeness (QED) is 0.0794. The zero-order valence-electron chi connectivity index (χ0n) is 23.7. The van der Waals surface area contributed by atoms with Gasteiger partial charge in [-0.25, -0.2) is 0 Å². The standard InChI is InChI=1S/C26H50N6O8/c1-15(30-2)21(35)25(37-11-10-33)40-24-18(32-19(34)6-9-27)12-17(28)23(22(24)36)39-20-5-3-4-16(38-20)13-31-14-26(29)7-8-26/h4,15,17-18,20-25,30-31,33,35-36H,3,5-14,27-29H2,1-2H3,(H,32,34)/t15-,17-,18+,20+,21+,22-,23+,24-,25+/m0/s1. The maximum atomic E-state index is 12.4. The summed E-state index contributed by atoms with van der Waals surface area (Å²) in [5, 5.41) is 40.7. The van der Waals surface area contributed by atoms with Crippen LogP contribution < -0.4 is 33.2 Å². The Bertz CT molecular complexity index is 818. The lowest BCUT2D eigenvalue weighted by molar-refractivity contribution is -0.271. The third-order valence-corrected chi connectivity index (χ3v) is 7.68. The van der Waals surface area contributed by atoms with E-state index in [-0.39, 0.29) is 44.0 Å². The third-order valence-electron chi connectivity index (χ3n) is 7.68. The molecule has 1 heterocycles. The molecule has 1 amide bonds. The van der Waals surface area contributed by atoms with Crippen molar-refractivity contribution in [3.8, 4) is 0 Å². The van der Waals surface area contributed by atoms with Gasteiger partial charge in [-0.2, -0.15) is 0 Å². The number of hydrogen-bond donors (Lipinski definition) is 9. The molecular formula is C26H50N6O8. The Morgan fingerprint density at radius 2 is 2.08 bits per heavy atom. The fourth-order valence-corrected chi connectivity index (χ4v) is 4.91. The van der Waals surface area contributed by atoms with E-state index in [4.69, 9.17) is 36.1 Å². The van der Waals surface area contributed by atoms with E-state index in [9.17, 15) is 20.1 Å². The minimum Gasteiger partial charge on any atom is -0.468 e. The molecule has 2 fully saturated rings. The van der Waals surface area contributed by atoms with Crippen molar-refractivity contribution in [3.63, 3.8) is 0 Å². The van der Waals surface area contributed by atoms with Gasteiger partial charge < -0.3 is 67.4 Å². The largest absolute Gasteiger partial charge is 0.468 e. The second kappa shape index (κ2) is 15.7. The molecule has 0 saturated heterocycles. The first kappa shape index (κ1) is 33.1. The van der Waals surface area contributed by atoms with Crippen LogP contribution in [0.15, 0.2) is 11.8 Å². The summed E-state index contributed by atoms with van der Waals surface area (Å²) in [6, 6.07) is -1.80. The van der Waals surface area contributed by atoms with Crippen LogP contribution in [0, 0.1) is 0 Å². The fourth-order valence-electron chi connectivity index (χ4n) is 4.91. The van der Waals surface area contributed by atoms with Gasteiger partial charge in [-0.05, 0) is 45.7 Å². The minimum absolute atomic E-state index is 0.0860. The molecule has 232 valence electrons. The van der Waals surface area contributed by atoms with E-state index >= 15 is 0 Å². The second-order valence-electron chi connectivity index (χ2n) is 11.1. The molecule has 3 rings (SSSR count). The number of carbonyl (C=O) groups is 1. The molecule has 0 aromatic rings. The topological polar surface area (TPSA) is 229 Å². The second-order valence-corrected chi connectivity index (χ2v) is 11.1. The molecule has 0 spiro atoms. The highest BCUT2D eigenvalue weighted by molar-refractivity contribution is 5.76. The van der Waals surface area contributed by atoms with Gasteiger partial charge in [0.15, 0.2) is 12.6 Å². The maximum Gasteiger partial charge on any atom is 0.221 e. The Kier molecular flexibility index (Phi) is 13.0. The number of nitrogens with two attached hydrogens (primary N) is 3. The van der Waals surface area contributed by atoms with E-state index in [0.29, 0.717) is 19.5 Å². The number of rotatable bonds is 17. The van der Waals surface area contributed by atoms with Crippen molar-refractivity contribution < 1.29 is 39.1 Å². The predicted octanol–water partition coefficient (Wildman–Crippen LogP) is -2.91. The van der Waals surface area contributed by atoms with Gasteiger partial charge in [0.2, 0.25) is 5.91 Å². The van der Waals surface area contributed by atoms with E-state index in [1.165, 1.54) is 0 Å². The highest BCUT2D eigenvalue weighted by Crippen LogP contribution is 2.32. The van der Waals surface area contributed by atoms with Crippen LogP contribution in [0.1, 0.15) is 45.4 Å². The molecule has 0 aromatic carbocycles. The van der Waals surface area contributed by atoms with Crippen LogP contribution in [-0.2, 0) is 23.7 Å². The van der Waals surface area contributed by atoms with Crippen molar-refractivity contribution in [3.05, 3.63) is 11.8 Å². The molecule has 3 aliphatic rings. The molecule has 2 aliphatic carbocycles. The van der Waals surface area contributed by atoms with E-state index in [1.54, 1.807) is 14.0 Å². The van der Waals surface area contributed by atoms with Crippen LogP contribution in [0.2, 0.25) is 0 Å². The summed E-state index contributed by atoms with van der Waals surface area (Å²) in [5.41, 5.74) is 18.0. The molecule has 14 heteroatoms. The van der Waals surface area contributed by atoms with Crippen molar-refractivity contribution in [2.75, 3.05) is 39.9 Å². The molecule has 9 atom stereocenters. The van der Waals surface area contributed by atoms with Gasteiger partial charge in [-0.3, -0.25) is 4.79 Å². The Hall–Kier alpha value is -1.43. The molecule has 0 bridgehead atoms. The van der Waals surface area contributed by atoms with Crippen LogP contribution in [0.3, 0.4) is 0 Å². The lowest BCUT2D eigenvalue weighted by Crippen LogP contribution is -2.66. The maximum absolute atomic E-state index is 12.4. The predicted molar refractivity (Wildman–Crippen MR) is 147 cm³/mol. The fraction of sp³-hybridized carbons (Fsp3) is 0.885. The number of nitrogens with one attached hydrogen (secondary N) is 3. The lowest BCUT2D eigenvalue weighted by atomic mass is 9.83. The third kappa shape index (κ3) is 9.56. The normalized spacial score (nSPS) is 31.9. The number of allylic oxidation sites excluding steroid dienone is 1. The van der Waals surface area contributed by atoms with Crippen LogP contribution in [-0.4, -0.2) is 122 Å². The number of ether oxygens (including phenoxy) is 4. The van der Waals surface area contributed by atoms with Gasteiger partial charge in [0, 0.05) is 43.6 Å². The monoisotopic (exact) mass is 574 g/mol. The number of aliphatic hydroxyl groups is 3. The molecule has 12 N–H and O–H groups in total. The van der Waals surface area contributed by atoms with Crippen molar-refractivity contribution in [1.82, 2.24) is 16.0 Å². The highest BCUT2D eigenvalue weighted by atomic mass is 16.7. The van der Waals surface area contributed by atoms with Gasteiger partial charge >= 0.3 is 0 Å². The Morgan fingerprint density at radius 3 is 2.73 bits per heavy atom. The summed E-state index contributed by atoms with van der Waals surface area (Å²) >= 11 is 0. The Morgan fingerprint density at radius 1 is 1.32 bits per heavy atom. The van der Waals surface area contributed by atoms with Gasteiger partial charge in [0.25, 0.3) is 0 Å². The van der Waals surface area contributed by atoms with Crippen molar-refractivity contribution in [1.29, 1.82) is 0 Å². The first-order valence-electron chi connectivity index (χ1n) is 14.3. The van der Waals surface area contributed by atoms with Crippen molar-refractivity contribution >= 4 is 5.91 Å². The molecular weight excluding hydrogens is 524 g/mol. The number of hydrogen-bond acceptors (Lipinski definition) is 13. The number of amides is 1. The van der Waals surface area contributed by atoms with Crippen LogP contribution >= 0.6 is 0 Å². The van der Waals surface area contributed by atoms with Crippen LogP contribution in [0.25, 0.3) is 0 Å². The van der Waals surface area contributed by atoms with E-state index in [2.05, 4.69) is 16.0 Å². The number of carbonyl (C=O) groups excluding carboxylic acids is 1. The average Bonchev–Trinajstić information content (AvgIpc) is 3.66. The molecule has 40 heavy (non-hydrogen) atoms. The molecule has 2 saturated carbocycles. The number of aliphatic hydroxyl groups excluding tert-OH is 3. The summed E-state index contributed by atoms with van der Waals surface area (Å²) in [6.07, 6.45) is -0.602. The van der Waals surface area contributed by atoms with E-state index in [1.807, 2.05) is 6.08 Å². The van der Waals surface area contributed by atoms with Crippen molar-refractivity contribution in [2.24, 2.45) is 17.2 Å². The van der Waals surface area contributed by atoms with Gasteiger partial charge in [-0.1, -0.05) is 0 Å². The average molecular weight is 575 g/mol. The van der Waals surface area contributed by atoms with Gasteiger partial charge in [-0.15, -0.1) is 0 Å². The highest BCUT2D eigenvalue weighted by Gasteiger charge is 2.48. The zero-order chi connectivity index (χ0) is 29.3.